The first kappa shape index (κ1) is 15.5. The summed E-state index contributed by atoms with van der Waals surface area (Å²) in [5, 5.41) is 2.94. The van der Waals surface area contributed by atoms with Crippen LogP contribution in [0.15, 0.2) is 24.3 Å². The van der Waals surface area contributed by atoms with Crippen LogP contribution in [0.2, 0.25) is 0 Å². The zero-order chi connectivity index (χ0) is 14.3. The molecular formula is C16H25NO2. The SMILES string of the molecule is CCC[C@H](C)NC(=O)COc1ccccc1C(C)C. The molecule has 1 amide bonds. The summed E-state index contributed by atoms with van der Waals surface area (Å²) >= 11 is 0. The molecule has 0 saturated heterocycles. The molecule has 1 aromatic carbocycles. The molecular weight excluding hydrogens is 238 g/mol. The van der Waals surface area contributed by atoms with E-state index in [0.29, 0.717) is 5.92 Å². The lowest BCUT2D eigenvalue weighted by atomic mass is 10.0. The minimum Gasteiger partial charge on any atom is -0.483 e. The molecule has 3 heteroatoms. The standard InChI is InChI=1S/C16H25NO2/c1-5-8-13(4)17-16(18)11-19-15-10-7-6-9-14(15)12(2)3/h6-7,9-10,12-13H,5,8,11H2,1-4H3,(H,17,18)/t13-/m0/s1. The van der Waals surface area contributed by atoms with Crippen LogP contribution in [0, 0.1) is 0 Å². The van der Waals surface area contributed by atoms with Crippen molar-refractivity contribution < 1.29 is 9.53 Å². The number of rotatable bonds is 7. The molecule has 1 N–H and O–H groups in total. The number of benzene rings is 1. The monoisotopic (exact) mass is 263 g/mol. The lowest BCUT2D eigenvalue weighted by Crippen LogP contribution is -2.36. The van der Waals surface area contributed by atoms with Crippen molar-refractivity contribution >= 4 is 5.91 Å². The average molecular weight is 263 g/mol. The highest BCUT2D eigenvalue weighted by atomic mass is 16.5. The Morgan fingerprint density at radius 1 is 1.26 bits per heavy atom. The van der Waals surface area contributed by atoms with Crippen molar-refractivity contribution in [1.29, 1.82) is 0 Å². The van der Waals surface area contributed by atoms with Gasteiger partial charge in [-0.3, -0.25) is 4.79 Å². The number of carbonyl (C=O) groups is 1. The quantitative estimate of drug-likeness (QED) is 0.817. The van der Waals surface area contributed by atoms with Crippen molar-refractivity contribution in [1.82, 2.24) is 5.32 Å². The van der Waals surface area contributed by atoms with Gasteiger partial charge in [0.2, 0.25) is 0 Å². The summed E-state index contributed by atoms with van der Waals surface area (Å²) < 4.78 is 5.63. The van der Waals surface area contributed by atoms with E-state index in [2.05, 4.69) is 26.1 Å². The van der Waals surface area contributed by atoms with Crippen LogP contribution >= 0.6 is 0 Å². The van der Waals surface area contributed by atoms with Gasteiger partial charge in [-0.2, -0.15) is 0 Å². The fourth-order valence-corrected chi connectivity index (χ4v) is 2.05. The minimum atomic E-state index is -0.0560. The van der Waals surface area contributed by atoms with E-state index in [1.807, 2.05) is 31.2 Å². The van der Waals surface area contributed by atoms with E-state index in [-0.39, 0.29) is 18.6 Å². The van der Waals surface area contributed by atoms with Crippen LogP contribution in [0.3, 0.4) is 0 Å². The zero-order valence-corrected chi connectivity index (χ0v) is 12.4. The summed E-state index contributed by atoms with van der Waals surface area (Å²) in [5.41, 5.74) is 1.14. The third kappa shape index (κ3) is 5.33. The van der Waals surface area contributed by atoms with Crippen molar-refractivity contribution in [2.24, 2.45) is 0 Å². The van der Waals surface area contributed by atoms with Gasteiger partial charge in [0, 0.05) is 6.04 Å². The van der Waals surface area contributed by atoms with Crippen molar-refractivity contribution in [3.8, 4) is 5.75 Å². The largest absolute Gasteiger partial charge is 0.483 e. The second kappa shape index (κ2) is 7.82. The molecule has 1 aromatic rings. The van der Waals surface area contributed by atoms with Gasteiger partial charge in [-0.1, -0.05) is 45.4 Å². The molecule has 0 aliphatic rings. The van der Waals surface area contributed by atoms with E-state index in [1.165, 1.54) is 0 Å². The Kier molecular flexibility index (Phi) is 6.40. The molecule has 0 saturated carbocycles. The maximum absolute atomic E-state index is 11.7. The van der Waals surface area contributed by atoms with Gasteiger partial charge in [0.25, 0.3) is 5.91 Å². The van der Waals surface area contributed by atoms with Crippen LogP contribution in [0.4, 0.5) is 0 Å². The van der Waals surface area contributed by atoms with E-state index in [9.17, 15) is 4.79 Å². The molecule has 0 unspecified atom stereocenters. The average Bonchev–Trinajstić information content (AvgIpc) is 2.36. The number of amides is 1. The Morgan fingerprint density at radius 2 is 1.95 bits per heavy atom. The van der Waals surface area contributed by atoms with Crippen LogP contribution < -0.4 is 10.1 Å². The van der Waals surface area contributed by atoms with Crippen molar-refractivity contribution in [2.75, 3.05) is 6.61 Å². The number of para-hydroxylation sites is 1. The summed E-state index contributed by atoms with van der Waals surface area (Å²) in [5.74, 6) is 1.13. The molecule has 19 heavy (non-hydrogen) atoms. The van der Waals surface area contributed by atoms with Gasteiger partial charge in [0.1, 0.15) is 5.75 Å². The third-order valence-electron chi connectivity index (χ3n) is 3.03. The van der Waals surface area contributed by atoms with Crippen molar-refractivity contribution in [3.05, 3.63) is 29.8 Å². The van der Waals surface area contributed by atoms with E-state index >= 15 is 0 Å². The molecule has 1 atom stereocenters. The first-order chi connectivity index (χ1) is 9.04. The first-order valence-corrected chi connectivity index (χ1v) is 7.05. The van der Waals surface area contributed by atoms with Gasteiger partial charge in [0.15, 0.2) is 6.61 Å². The maximum Gasteiger partial charge on any atom is 0.258 e. The molecule has 106 valence electrons. The van der Waals surface area contributed by atoms with E-state index < -0.39 is 0 Å². The summed E-state index contributed by atoms with van der Waals surface area (Å²) in [7, 11) is 0. The van der Waals surface area contributed by atoms with Crippen LogP contribution in [-0.4, -0.2) is 18.6 Å². The molecule has 0 bridgehead atoms. The molecule has 0 heterocycles. The fraction of sp³-hybridized carbons (Fsp3) is 0.562. The zero-order valence-electron chi connectivity index (χ0n) is 12.4. The summed E-state index contributed by atoms with van der Waals surface area (Å²) in [6.07, 6.45) is 2.06. The smallest absolute Gasteiger partial charge is 0.258 e. The summed E-state index contributed by atoms with van der Waals surface area (Å²) in [6, 6.07) is 8.08. The first-order valence-electron chi connectivity index (χ1n) is 7.05. The summed E-state index contributed by atoms with van der Waals surface area (Å²) in [6.45, 7) is 8.44. The predicted octanol–water partition coefficient (Wildman–Crippen LogP) is 3.49. The second-order valence-corrected chi connectivity index (χ2v) is 5.24. The van der Waals surface area contributed by atoms with Crippen molar-refractivity contribution in [2.45, 2.75) is 52.5 Å². The molecule has 3 nitrogen and oxygen atoms in total. The van der Waals surface area contributed by atoms with E-state index in [0.717, 1.165) is 24.2 Å². The van der Waals surface area contributed by atoms with Crippen LogP contribution in [0.25, 0.3) is 0 Å². The maximum atomic E-state index is 11.7. The molecule has 0 aliphatic heterocycles. The number of nitrogens with one attached hydrogen (secondary N) is 1. The molecule has 0 aliphatic carbocycles. The number of hydrogen-bond donors (Lipinski definition) is 1. The normalized spacial score (nSPS) is 12.3. The highest BCUT2D eigenvalue weighted by Gasteiger charge is 2.10. The van der Waals surface area contributed by atoms with Crippen LogP contribution in [0.1, 0.15) is 52.0 Å². The van der Waals surface area contributed by atoms with Gasteiger partial charge in [-0.15, -0.1) is 0 Å². The van der Waals surface area contributed by atoms with Gasteiger partial charge >= 0.3 is 0 Å². The second-order valence-electron chi connectivity index (χ2n) is 5.24. The Bertz CT molecular complexity index is 401. The van der Waals surface area contributed by atoms with Gasteiger partial charge in [-0.25, -0.2) is 0 Å². The van der Waals surface area contributed by atoms with Gasteiger partial charge < -0.3 is 10.1 Å². The number of ether oxygens (including phenoxy) is 1. The Hall–Kier alpha value is -1.51. The number of hydrogen-bond acceptors (Lipinski definition) is 2. The van der Waals surface area contributed by atoms with Crippen molar-refractivity contribution in [3.63, 3.8) is 0 Å². The van der Waals surface area contributed by atoms with Crippen LogP contribution in [0.5, 0.6) is 5.75 Å². The minimum absolute atomic E-state index is 0.0560. The Labute approximate surface area is 116 Å². The predicted molar refractivity (Wildman–Crippen MR) is 78.5 cm³/mol. The Balaban J connectivity index is 2.50. The van der Waals surface area contributed by atoms with E-state index in [1.54, 1.807) is 0 Å². The van der Waals surface area contributed by atoms with E-state index in [4.69, 9.17) is 4.74 Å². The van der Waals surface area contributed by atoms with Crippen LogP contribution in [-0.2, 0) is 4.79 Å². The molecule has 0 fully saturated rings. The number of carbonyl (C=O) groups excluding carboxylic acids is 1. The lowest BCUT2D eigenvalue weighted by Gasteiger charge is -2.15. The summed E-state index contributed by atoms with van der Waals surface area (Å²) in [4.78, 5) is 11.7. The lowest BCUT2D eigenvalue weighted by molar-refractivity contribution is -0.123. The highest BCUT2D eigenvalue weighted by Crippen LogP contribution is 2.25. The third-order valence-corrected chi connectivity index (χ3v) is 3.03. The van der Waals surface area contributed by atoms with Gasteiger partial charge in [-0.05, 0) is 30.9 Å². The molecule has 0 aromatic heterocycles. The molecule has 1 rings (SSSR count). The highest BCUT2D eigenvalue weighted by molar-refractivity contribution is 5.77. The molecule has 0 spiro atoms. The Morgan fingerprint density at radius 3 is 2.58 bits per heavy atom. The fourth-order valence-electron chi connectivity index (χ4n) is 2.05. The molecule has 0 radical (unpaired) electrons. The topological polar surface area (TPSA) is 38.3 Å². The van der Waals surface area contributed by atoms with Gasteiger partial charge in [0.05, 0.1) is 0 Å².